The molecule has 2 fully saturated rings. The van der Waals surface area contributed by atoms with Crippen molar-refractivity contribution >= 4 is 41.6 Å². The number of nitrogens with one attached hydrogen (secondary N) is 2. The summed E-state index contributed by atoms with van der Waals surface area (Å²) in [5, 5.41) is 3.07. The monoisotopic (exact) mass is 669 g/mol. The standard InChI is InChI=1S/C29H33F6N5O2.2ClH/c30-28(31,32)22-14-20(15-23(17-22)29(33,34)35)27(41)40-9-8-38(7-3-6-37-39-10-12-42-13-11-39)19-24(40)16-21-18-36-26-5-2-1-4-25(21)26;;/h1-2,4-5,14-15,17-18,24,36-37H,3,6-13,16,19H2;2*1H/t24-;;/m1../s1. The van der Waals surface area contributed by atoms with Crippen molar-refractivity contribution in [1.82, 2.24) is 25.2 Å². The average Bonchev–Trinajstić information content (AvgIpc) is 3.37. The number of fused-ring (bicyclic) bond motifs is 1. The van der Waals surface area contributed by atoms with E-state index in [9.17, 15) is 31.1 Å². The number of hydrazine groups is 1. The number of benzene rings is 2. The molecule has 0 spiro atoms. The summed E-state index contributed by atoms with van der Waals surface area (Å²) in [5.74, 6) is -0.843. The Morgan fingerprint density at radius 3 is 2.25 bits per heavy atom. The van der Waals surface area contributed by atoms with Gasteiger partial charge < -0.3 is 14.6 Å². The number of alkyl halides is 6. The van der Waals surface area contributed by atoms with Crippen LogP contribution in [0.15, 0.2) is 48.7 Å². The maximum absolute atomic E-state index is 13.6. The molecule has 1 amide bonds. The Balaban J connectivity index is 0.00000264. The molecule has 244 valence electrons. The van der Waals surface area contributed by atoms with Crippen molar-refractivity contribution in [2.45, 2.75) is 31.2 Å². The normalized spacial score (nSPS) is 18.6. The van der Waals surface area contributed by atoms with Crippen molar-refractivity contribution in [3.8, 4) is 0 Å². The summed E-state index contributed by atoms with van der Waals surface area (Å²) < 4.78 is 86.5. The molecule has 3 aromatic rings. The fraction of sp³-hybridized carbons (Fsp3) is 0.483. The SMILES string of the molecule is Cl.Cl.O=C(c1cc(C(F)(F)F)cc(C(F)(F)F)c1)N1CCN(CCCNN2CCOCC2)C[C@H]1Cc1c[nH]c2ccccc12. The van der Waals surface area contributed by atoms with E-state index in [0.717, 1.165) is 49.1 Å². The number of hydrogen-bond donors (Lipinski definition) is 2. The van der Waals surface area contributed by atoms with Gasteiger partial charge in [-0.15, -0.1) is 24.8 Å². The number of H-pyrrole nitrogens is 1. The van der Waals surface area contributed by atoms with Crippen LogP contribution in [-0.4, -0.2) is 90.8 Å². The van der Waals surface area contributed by atoms with E-state index >= 15 is 0 Å². The van der Waals surface area contributed by atoms with Crippen LogP contribution >= 0.6 is 24.8 Å². The first-order valence-corrected chi connectivity index (χ1v) is 13.9. The van der Waals surface area contributed by atoms with Gasteiger partial charge >= 0.3 is 12.4 Å². The van der Waals surface area contributed by atoms with Crippen molar-refractivity contribution in [3.05, 3.63) is 70.9 Å². The summed E-state index contributed by atoms with van der Waals surface area (Å²) in [4.78, 5) is 20.5. The lowest BCUT2D eigenvalue weighted by Crippen LogP contribution is -2.56. The minimum absolute atomic E-state index is 0. The molecule has 0 radical (unpaired) electrons. The van der Waals surface area contributed by atoms with E-state index in [1.807, 2.05) is 30.5 Å². The molecule has 0 unspecified atom stereocenters. The summed E-state index contributed by atoms with van der Waals surface area (Å²) >= 11 is 0. The number of ether oxygens (including phenoxy) is 1. The number of carbonyl (C=O) groups is 1. The molecule has 0 bridgehead atoms. The van der Waals surface area contributed by atoms with Crippen LogP contribution in [0.1, 0.15) is 33.5 Å². The molecule has 0 aliphatic carbocycles. The number of carbonyl (C=O) groups excluding carboxylic acids is 1. The van der Waals surface area contributed by atoms with Crippen molar-refractivity contribution < 1.29 is 35.9 Å². The molecule has 1 atom stereocenters. The van der Waals surface area contributed by atoms with Crippen LogP contribution in [0.25, 0.3) is 10.9 Å². The molecule has 2 N–H and O–H groups in total. The Kier molecular flexibility index (Phi) is 12.4. The molecule has 2 saturated heterocycles. The smallest absolute Gasteiger partial charge is 0.379 e. The lowest BCUT2D eigenvalue weighted by Gasteiger charge is -2.42. The predicted molar refractivity (Wildman–Crippen MR) is 159 cm³/mol. The minimum Gasteiger partial charge on any atom is -0.379 e. The highest BCUT2D eigenvalue weighted by Gasteiger charge is 2.39. The number of aromatic nitrogens is 1. The molecule has 3 heterocycles. The van der Waals surface area contributed by atoms with Crippen LogP contribution in [0, 0.1) is 0 Å². The number of aromatic amines is 1. The number of amides is 1. The molecule has 44 heavy (non-hydrogen) atoms. The van der Waals surface area contributed by atoms with Crippen LogP contribution in [0.5, 0.6) is 0 Å². The zero-order chi connectivity index (χ0) is 29.9. The van der Waals surface area contributed by atoms with Crippen molar-refractivity contribution in [2.75, 3.05) is 59.0 Å². The maximum atomic E-state index is 13.6. The average molecular weight is 671 g/mol. The molecule has 15 heteroatoms. The van der Waals surface area contributed by atoms with Gasteiger partial charge in [-0.2, -0.15) is 26.3 Å². The van der Waals surface area contributed by atoms with Crippen LogP contribution in [-0.2, 0) is 23.5 Å². The number of nitrogens with zero attached hydrogens (tertiary/aromatic N) is 3. The number of rotatable bonds is 8. The van der Waals surface area contributed by atoms with Gasteiger partial charge in [0.1, 0.15) is 0 Å². The molecule has 7 nitrogen and oxygen atoms in total. The van der Waals surface area contributed by atoms with E-state index in [-0.39, 0.29) is 37.4 Å². The zero-order valence-corrected chi connectivity index (χ0v) is 25.3. The fourth-order valence-electron chi connectivity index (χ4n) is 5.62. The second-order valence-electron chi connectivity index (χ2n) is 10.7. The fourth-order valence-corrected chi connectivity index (χ4v) is 5.62. The van der Waals surface area contributed by atoms with Crippen LogP contribution in [0.2, 0.25) is 0 Å². The Hall–Kier alpha value is -2.55. The third-order valence-electron chi connectivity index (χ3n) is 7.79. The predicted octanol–water partition coefficient (Wildman–Crippen LogP) is 5.65. The topological polar surface area (TPSA) is 63.8 Å². The number of halogens is 8. The molecule has 0 saturated carbocycles. The third-order valence-corrected chi connectivity index (χ3v) is 7.79. The van der Waals surface area contributed by atoms with Gasteiger partial charge in [0.15, 0.2) is 0 Å². The van der Waals surface area contributed by atoms with Gasteiger partial charge in [0, 0.05) is 68.0 Å². The van der Waals surface area contributed by atoms with E-state index in [0.29, 0.717) is 44.9 Å². The number of morpholine rings is 1. The largest absolute Gasteiger partial charge is 0.416 e. The molecule has 2 aromatic carbocycles. The van der Waals surface area contributed by atoms with Crippen molar-refractivity contribution in [3.63, 3.8) is 0 Å². The van der Waals surface area contributed by atoms with Gasteiger partial charge in [-0.1, -0.05) is 18.2 Å². The summed E-state index contributed by atoms with van der Waals surface area (Å²) in [6.45, 7) is 5.51. The zero-order valence-electron chi connectivity index (χ0n) is 23.7. The summed E-state index contributed by atoms with van der Waals surface area (Å²) in [7, 11) is 0. The highest BCUT2D eigenvalue weighted by Crippen LogP contribution is 2.37. The van der Waals surface area contributed by atoms with Crippen LogP contribution < -0.4 is 5.43 Å². The quantitative estimate of drug-likeness (QED) is 0.240. The lowest BCUT2D eigenvalue weighted by atomic mass is 9.98. The first-order chi connectivity index (χ1) is 20.0. The second-order valence-corrected chi connectivity index (χ2v) is 10.7. The molecule has 2 aliphatic heterocycles. The van der Waals surface area contributed by atoms with Crippen LogP contribution in [0.3, 0.4) is 0 Å². The van der Waals surface area contributed by atoms with Gasteiger partial charge in [-0.25, -0.2) is 5.01 Å². The van der Waals surface area contributed by atoms with Gasteiger partial charge in [0.2, 0.25) is 0 Å². The van der Waals surface area contributed by atoms with E-state index in [1.165, 1.54) is 4.90 Å². The Morgan fingerprint density at radius 2 is 1.59 bits per heavy atom. The highest BCUT2D eigenvalue weighted by molar-refractivity contribution is 5.95. The number of piperazine rings is 1. The van der Waals surface area contributed by atoms with Gasteiger partial charge in [0.25, 0.3) is 5.91 Å². The summed E-state index contributed by atoms with van der Waals surface area (Å²) in [6, 6.07) is 8.25. The third kappa shape index (κ3) is 8.79. The van der Waals surface area contributed by atoms with Crippen molar-refractivity contribution in [2.24, 2.45) is 0 Å². The van der Waals surface area contributed by atoms with Gasteiger partial charge in [-0.05, 0) is 49.2 Å². The number of para-hydroxylation sites is 1. The summed E-state index contributed by atoms with van der Waals surface area (Å²) in [6.07, 6.45) is -7.01. The van der Waals surface area contributed by atoms with E-state index in [2.05, 4.69) is 20.3 Å². The molecule has 5 rings (SSSR count). The van der Waals surface area contributed by atoms with E-state index in [1.54, 1.807) is 0 Å². The molecular formula is C29H35Cl2F6N5O2. The Labute approximate surface area is 263 Å². The first kappa shape index (κ1) is 35.9. The second kappa shape index (κ2) is 15.2. The Morgan fingerprint density at radius 1 is 0.932 bits per heavy atom. The lowest BCUT2D eigenvalue weighted by molar-refractivity contribution is -0.143. The highest BCUT2D eigenvalue weighted by atomic mass is 35.5. The van der Waals surface area contributed by atoms with Gasteiger partial charge in [0.05, 0.1) is 24.3 Å². The molecule has 2 aliphatic rings. The Bertz CT molecular complexity index is 1350. The number of hydrogen-bond acceptors (Lipinski definition) is 5. The molecule has 1 aromatic heterocycles. The first-order valence-electron chi connectivity index (χ1n) is 13.9. The minimum atomic E-state index is -5.03. The van der Waals surface area contributed by atoms with Crippen molar-refractivity contribution in [1.29, 1.82) is 0 Å². The van der Waals surface area contributed by atoms with Crippen LogP contribution in [0.4, 0.5) is 26.3 Å². The molecular weight excluding hydrogens is 635 g/mol. The van der Waals surface area contributed by atoms with E-state index in [4.69, 9.17) is 4.74 Å². The maximum Gasteiger partial charge on any atom is 0.416 e. The van der Waals surface area contributed by atoms with E-state index < -0.39 is 41.0 Å². The summed E-state index contributed by atoms with van der Waals surface area (Å²) in [5.41, 5.74) is 1.59. The van der Waals surface area contributed by atoms with Gasteiger partial charge in [-0.3, -0.25) is 15.1 Å².